The van der Waals surface area contributed by atoms with E-state index in [1.165, 1.54) is 23.0 Å². The first-order valence-corrected chi connectivity index (χ1v) is 12.9. The fraction of sp³-hybridized carbons (Fsp3) is 0.160. The van der Waals surface area contributed by atoms with Gasteiger partial charge in [-0.1, -0.05) is 84.1 Å². The Bertz CT molecular complexity index is 1330. The first-order chi connectivity index (χ1) is 17.2. The smallest absolute Gasteiger partial charge is 0.330 e. The molecule has 3 aromatic carbocycles. The highest BCUT2D eigenvalue weighted by Gasteiger charge is 2.34. The maximum atomic E-state index is 13.3. The Balaban J connectivity index is 1.53. The minimum atomic E-state index is -4.64. The molecule has 11 heteroatoms. The van der Waals surface area contributed by atoms with Crippen LogP contribution in [0.15, 0.2) is 77.1 Å². The van der Waals surface area contributed by atoms with Crippen molar-refractivity contribution >= 4 is 57.1 Å². The molecule has 4 rings (SSSR count). The molecule has 0 saturated carbocycles. The molecule has 4 aromatic rings. The van der Waals surface area contributed by atoms with E-state index in [4.69, 9.17) is 11.6 Å². The van der Waals surface area contributed by atoms with Gasteiger partial charge in [-0.05, 0) is 47.9 Å². The highest BCUT2D eigenvalue weighted by molar-refractivity contribution is 8.02. The lowest BCUT2D eigenvalue weighted by atomic mass is 10.1. The molecule has 0 aliphatic carbocycles. The molecule has 0 aliphatic rings. The minimum absolute atomic E-state index is 0.00611. The highest BCUT2D eigenvalue weighted by atomic mass is 35.5. The standard InChI is InChI=1S/C25H20ClF3N4OS2/c1-2-15-8-10-17(11-9-15)31-23-32-33-24(36-23)35-21(16-6-4-3-5-7-16)22(34)30-18-12-13-20(26)19(14-18)25(27,28)29/h3-14,21H,2H2,1H3,(H,30,34)(H,31,32)/t21-/m1/s1. The van der Waals surface area contributed by atoms with Crippen molar-refractivity contribution in [2.75, 3.05) is 10.6 Å². The molecule has 36 heavy (non-hydrogen) atoms. The van der Waals surface area contributed by atoms with Gasteiger partial charge in [0.25, 0.3) is 0 Å². The maximum Gasteiger partial charge on any atom is 0.417 e. The van der Waals surface area contributed by atoms with Crippen LogP contribution >= 0.6 is 34.7 Å². The van der Waals surface area contributed by atoms with Crippen molar-refractivity contribution in [1.29, 1.82) is 0 Å². The van der Waals surface area contributed by atoms with Crippen molar-refractivity contribution in [1.82, 2.24) is 10.2 Å². The monoisotopic (exact) mass is 548 g/mol. The molecule has 5 nitrogen and oxygen atoms in total. The summed E-state index contributed by atoms with van der Waals surface area (Å²) in [6.07, 6.45) is -3.70. The van der Waals surface area contributed by atoms with Gasteiger partial charge in [0.05, 0.1) is 10.6 Å². The third-order valence-corrected chi connectivity index (χ3v) is 7.63. The van der Waals surface area contributed by atoms with Crippen LogP contribution in [0.1, 0.15) is 28.9 Å². The fourth-order valence-electron chi connectivity index (χ4n) is 3.28. The van der Waals surface area contributed by atoms with E-state index in [0.29, 0.717) is 15.0 Å². The Morgan fingerprint density at radius 3 is 2.39 bits per heavy atom. The van der Waals surface area contributed by atoms with Gasteiger partial charge in [-0.3, -0.25) is 4.79 Å². The number of halogens is 4. The summed E-state index contributed by atoms with van der Waals surface area (Å²) in [6, 6.07) is 20.2. The van der Waals surface area contributed by atoms with Crippen LogP contribution in [0.4, 0.5) is 29.7 Å². The summed E-state index contributed by atoms with van der Waals surface area (Å²) in [5, 5.41) is 13.5. The summed E-state index contributed by atoms with van der Waals surface area (Å²) in [5.41, 5.74) is 1.73. The van der Waals surface area contributed by atoms with E-state index in [1.54, 1.807) is 24.3 Å². The number of aryl methyl sites for hydroxylation is 1. The van der Waals surface area contributed by atoms with Crippen molar-refractivity contribution < 1.29 is 18.0 Å². The summed E-state index contributed by atoms with van der Waals surface area (Å²) >= 11 is 8.14. The minimum Gasteiger partial charge on any atom is -0.330 e. The number of amides is 1. The zero-order valence-electron chi connectivity index (χ0n) is 18.8. The summed E-state index contributed by atoms with van der Waals surface area (Å²) in [4.78, 5) is 13.2. The lowest BCUT2D eigenvalue weighted by molar-refractivity contribution is -0.137. The molecule has 186 valence electrons. The summed E-state index contributed by atoms with van der Waals surface area (Å²) < 4.78 is 40.3. The number of carbonyl (C=O) groups is 1. The Morgan fingerprint density at radius 1 is 1.03 bits per heavy atom. The number of carbonyl (C=O) groups excluding carboxylic acids is 1. The average Bonchev–Trinajstić information content (AvgIpc) is 3.31. The Kier molecular flexibility index (Phi) is 8.17. The van der Waals surface area contributed by atoms with Crippen molar-refractivity contribution in [3.8, 4) is 0 Å². The summed E-state index contributed by atoms with van der Waals surface area (Å²) in [6.45, 7) is 2.08. The molecule has 1 amide bonds. The number of benzene rings is 3. The second kappa shape index (κ2) is 11.3. The molecule has 0 saturated heterocycles. The SMILES string of the molecule is CCc1ccc(Nc2nnc(S[C@@H](C(=O)Nc3ccc(Cl)c(C(F)(F)F)c3)c3ccccc3)s2)cc1. The molecule has 0 radical (unpaired) electrons. The van der Waals surface area contributed by atoms with Gasteiger partial charge in [0.1, 0.15) is 5.25 Å². The van der Waals surface area contributed by atoms with E-state index in [9.17, 15) is 18.0 Å². The van der Waals surface area contributed by atoms with Gasteiger partial charge in [-0.15, -0.1) is 10.2 Å². The molecular formula is C25H20ClF3N4OS2. The second-order valence-electron chi connectivity index (χ2n) is 7.64. The van der Waals surface area contributed by atoms with Gasteiger partial charge in [0, 0.05) is 11.4 Å². The van der Waals surface area contributed by atoms with Crippen LogP contribution in [0.5, 0.6) is 0 Å². The summed E-state index contributed by atoms with van der Waals surface area (Å²) in [5.74, 6) is -0.499. The Morgan fingerprint density at radius 2 is 1.72 bits per heavy atom. The third kappa shape index (κ3) is 6.57. The number of thioether (sulfide) groups is 1. The second-order valence-corrected chi connectivity index (χ2v) is 10.4. The third-order valence-electron chi connectivity index (χ3n) is 5.12. The molecule has 0 aliphatic heterocycles. The molecule has 0 unspecified atom stereocenters. The largest absolute Gasteiger partial charge is 0.417 e. The van der Waals surface area contributed by atoms with Gasteiger partial charge in [0.2, 0.25) is 11.0 Å². The fourth-order valence-corrected chi connectivity index (χ4v) is 5.47. The van der Waals surface area contributed by atoms with Gasteiger partial charge in [0.15, 0.2) is 4.34 Å². The van der Waals surface area contributed by atoms with Crippen LogP contribution in [0.25, 0.3) is 0 Å². The molecule has 2 N–H and O–H groups in total. The molecular weight excluding hydrogens is 529 g/mol. The molecule has 0 bridgehead atoms. The average molecular weight is 549 g/mol. The van der Waals surface area contributed by atoms with Crippen molar-refractivity contribution in [2.45, 2.75) is 29.1 Å². The highest BCUT2D eigenvalue weighted by Crippen LogP contribution is 2.40. The zero-order valence-corrected chi connectivity index (χ0v) is 21.2. The van der Waals surface area contributed by atoms with E-state index in [-0.39, 0.29) is 5.69 Å². The zero-order chi connectivity index (χ0) is 25.7. The van der Waals surface area contributed by atoms with Gasteiger partial charge < -0.3 is 10.6 Å². The quantitative estimate of drug-likeness (QED) is 0.218. The molecule has 0 fully saturated rings. The first-order valence-electron chi connectivity index (χ1n) is 10.8. The lowest BCUT2D eigenvalue weighted by Crippen LogP contribution is -2.19. The lowest BCUT2D eigenvalue weighted by Gasteiger charge is -2.17. The number of hydrogen-bond donors (Lipinski definition) is 2. The van der Waals surface area contributed by atoms with Crippen LogP contribution in [0.2, 0.25) is 5.02 Å². The van der Waals surface area contributed by atoms with Crippen LogP contribution in [0, 0.1) is 0 Å². The van der Waals surface area contributed by atoms with Crippen molar-refractivity contribution in [3.05, 3.63) is 94.5 Å². The van der Waals surface area contributed by atoms with Gasteiger partial charge in [-0.2, -0.15) is 13.2 Å². The Hall–Kier alpha value is -3.08. The number of aromatic nitrogens is 2. The van der Waals surface area contributed by atoms with Gasteiger partial charge in [-0.25, -0.2) is 0 Å². The maximum absolute atomic E-state index is 13.3. The Labute approximate surface area is 219 Å². The van der Waals surface area contributed by atoms with E-state index in [2.05, 4.69) is 27.8 Å². The van der Waals surface area contributed by atoms with Crippen LogP contribution in [0.3, 0.4) is 0 Å². The normalized spacial score (nSPS) is 12.2. The number of alkyl halides is 3. The van der Waals surface area contributed by atoms with E-state index < -0.39 is 27.9 Å². The first kappa shape index (κ1) is 26.0. The topological polar surface area (TPSA) is 66.9 Å². The number of rotatable bonds is 8. The van der Waals surface area contributed by atoms with Crippen molar-refractivity contribution in [3.63, 3.8) is 0 Å². The number of nitrogens with zero attached hydrogens (tertiary/aromatic N) is 2. The molecule has 0 spiro atoms. The van der Waals surface area contributed by atoms with E-state index in [0.717, 1.165) is 36.0 Å². The predicted octanol–water partition coefficient (Wildman–Crippen LogP) is 7.99. The van der Waals surface area contributed by atoms with Crippen molar-refractivity contribution in [2.24, 2.45) is 0 Å². The van der Waals surface area contributed by atoms with Crippen LogP contribution < -0.4 is 10.6 Å². The number of hydrogen-bond acceptors (Lipinski definition) is 6. The van der Waals surface area contributed by atoms with Gasteiger partial charge >= 0.3 is 6.18 Å². The van der Waals surface area contributed by atoms with Crippen LogP contribution in [-0.2, 0) is 17.4 Å². The van der Waals surface area contributed by atoms with E-state index in [1.807, 2.05) is 30.3 Å². The van der Waals surface area contributed by atoms with E-state index >= 15 is 0 Å². The molecule has 1 heterocycles. The summed E-state index contributed by atoms with van der Waals surface area (Å²) in [7, 11) is 0. The molecule has 1 atom stereocenters. The number of anilines is 3. The molecule has 1 aromatic heterocycles. The predicted molar refractivity (Wildman–Crippen MR) is 139 cm³/mol. The van der Waals surface area contributed by atoms with Crippen LogP contribution in [-0.4, -0.2) is 16.1 Å². The number of nitrogens with one attached hydrogen (secondary N) is 2.